The van der Waals surface area contributed by atoms with Gasteiger partial charge in [0.25, 0.3) is 0 Å². The number of rotatable bonds is 4. The molecule has 0 radical (unpaired) electrons. The van der Waals surface area contributed by atoms with Gasteiger partial charge in [0.15, 0.2) is 0 Å². The van der Waals surface area contributed by atoms with E-state index in [1.807, 2.05) is 0 Å². The van der Waals surface area contributed by atoms with E-state index in [-0.39, 0.29) is 6.03 Å². The molecule has 0 aliphatic heterocycles. The predicted molar refractivity (Wildman–Crippen MR) is 78.2 cm³/mol. The van der Waals surface area contributed by atoms with Crippen LogP contribution in [0.3, 0.4) is 0 Å². The largest absolute Gasteiger partial charge is 0.351 e. The predicted octanol–water partition coefficient (Wildman–Crippen LogP) is 3.29. The minimum atomic E-state index is -0.362. The molecule has 3 nitrogen and oxygen atoms in total. The van der Waals surface area contributed by atoms with E-state index < -0.39 is 0 Å². The van der Waals surface area contributed by atoms with Gasteiger partial charge in [-0.1, -0.05) is 43.5 Å². The Bertz CT molecular complexity index is 407. The van der Waals surface area contributed by atoms with Gasteiger partial charge in [0, 0.05) is 13.6 Å². The highest BCUT2D eigenvalue weighted by Gasteiger charge is 2.15. The van der Waals surface area contributed by atoms with Gasteiger partial charge < -0.3 is 10.6 Å². The van der Waals surface area contributed by atoms with Crippen molar-refractivity contribution in [2.75, 3.05) is 13.6 Å². The van der Waals surface area contributed by atoms with Crippen LogP contribution < -0.4 is 5.73 Å². The number of primary amides is 1. The highest BCUT2D eigenvalue weighted by atomic mass is 16.2. The summed E-state index contributed by atoms with van der Waals surface area (Å²) in [5.41, 5.74) is 7.96. The van der Waals surface area contributed by atoms with Crippen molar-refractivity contribution < 1.29 is 4.79 Å². The molecule has 1 aliphatic rings. The van der Waals surface area contributed by atoms with Crippen molar-refractivity contribution in [2.24, 2.45) is 5.73 Å². The smallest absolute Gasteiger partial charge is 0.314 e. The molecular formula is C16H24N2O. The Kier molecular flexibility index (Phi) is 4.83. The van der Waals surface area contributed by atoms with Crippen LogP contribution in [0, 0.1) is 0 Å². The van der Waals surface area contributed by atoms with Crippen molar-refractivity contribution >= 4 is 6.03 Å². The normalized spacial score (nSPS) is 16.3. The number of carbonyl (C=O) groups excluding carboxylic acids is 1. The number of amides is 2. The Hall–Kier alpha value is -1.51. The zero-order valence-corrected chi connectivity index (χ0v) is 11.8. The van der Waals surface area contributed by atoms with E-state index in [1.54, 1.807) is 11.9 Å². The number of urea groups is 1. The zero-order chi connectivity index (χ0) is 13.7. The minimum Gasteiger partial charge on any atom is -0.351 e. The maximum absolute atomic E-state index is 10.9. The van der Waals surface area contributed by atoms with Gasteiger partial charge in [0.05, 0.1) is 0 Å². The molecule has 0 heterocycles. The van der Waals surface area contributed by atoms with Crippen LogP contribution in [0.4, 0.5) is 4.79 Å². The third kappa shape index (κ3) is 3.98. The number of nitrogens with zero attached hydrogens (tertiary/aromatic N) is 1. The SMILES string of the molecule is CN(CCc1ccc(C2CCCCC2)cc1)C(N)=O. The highest BCUT2D eigenvalue weighted by molar-refractivity contribution is 5.71. The zero-order valence-electron chi connectivity index (χ0n) is 11.8. The molecular weight excluding hydrogens is 236 g/mol. The Morgan fingerprint density at radius 3 is 2.42 bits per heavy atom. The molecule has 1 aliphatic carbocycles. The summed E-state index contributed by atoms with van der Waals surface area (Å²) in [4.78, 5) is 12.5. The fraction of sp³-hybridized carbons (Fsp3) is 0.562. The fourth-order valence-corrected chi connectivity index (χ4v) is 2.80. The second-order valence-corrected chi connectivity index (χ2v) is 5.59. The van der Waals surface area contributed by atoms with Crippen LogP contribution in [0.25, 0.3) is 0 Å². The quantitative estimate of drug-likeness (QED) is 0.887. The molecule has 2 rings (SSSR count). The molecule has 2 N–H and O–H groups in total. The Labute approximate surface area is 115 Å². The Morgan fingerprint density at radius 1 is 1.21 bits per heavy atom. The van der Waals surface area contributed by atoms with Crippen LogP contribution in [0.1, 0.15) is 49.1 Å². The van der Waals surface area contributed by atoms with Gasteiger partial charge in [0.2, 0.25) is 0 Å². The Morgan fingerprint density at radius 2 is 1.84 bits per heavy atom. The second kappa shape index (κ2) is 6.60. The second-order valence-electron chi connectivity index (χ2n) is 5.59. The van der Waals surface area contributed by atoms with Gasteiger partial charge in [-0.25, -0.2) is 4.79 Å². The first kappa shape index (κ1) is 13.9. The van der Waals surface area contributed by atoms with E-state index in [4.69, 9.17) is 5.73 Å². The molecule has 0 unspecified atom stereocenters. The summed E-state index contributed by atoms with van der Waals surface area (Å²) in [5, 5.41) is 0. The number of hydrogen-bond acceptors (Lipinski definition) is 1. The summed E-state index contributed by atoms with van der Waals surface area (Å²) in [6, 6.07) is 8.54. The molecule has 1 aromatic rings. The lowest BCUT2D eigenvalue weighted by molar-refractivity contribution is 0.219. The molecule has 19 heavy (non-hydrogen) atoms. The van der Waals surface area contributed by atoms with Crippen LogP contribution in [0.15, 0.2) is 24.3 Å². The van der Waals surface area contributed by atoms with Crippen molar-refractivity contribution in [3.63, 3.8) is 0 Å². The number of nitrogens with two attached hydrogens (primary N) is 1. The summed E-state index contributed by atoms with van der Waals surface area (Å²) < 4.78 is 0. The lowest BCUT2D eigenvalue weighted by atomic mass is 9.84. The van der Waals surface area contributed by atoms with Gasteiger partial charge >= 0.3 is 6.03 Å². The first-order valence-electron chi connectivity index (χ1n) is 7.26. The van der Waals surface area contributed by atoms with E-state index in [1.165, 1.54) is 43.2 Å². The van der Waals surface area contributed by atoms with E-state index >= 15 is 0 Å². The average molecular weight is 260 g/mol. The maximum atomic E-state index is 10.9. The Balaban J connectivity index is 1.89. The lowest BCUT2D eigenvalue weighted by Gasteiger charge is -2.22. The molecule has 0 spiro atoms. The number of likely N-dealkylation sites (N-methyl/N-ethyl adjacent to an activating group) is 1. The summed E-state index contributed by atoms with van der Waals surface area (Å²) in [5.74, 6) is 0.760. The third-order valence-electron chi connectivity index (χ3n) is 4.17. The van der Waals surface area contributed by atoms with Gasteiger partial charge in [0.1, 0.15) is 0 Å². The van der Waals surface area contributed by atoms with E-state index in [0.29, 0.717) is 6.54 Å². The van der Waals surface area contributed by atoms with E-state index in [2.05, 4.69) is 24.3 Å². The van der Waals surface area contributed by atoms with Crippen LogP contribution >= 0.6 is 0 Å². The van der Waals surface area contributed by atoms with Crippen LogP contribution in [0.2, 0.25) is 0 Å². The first-order chi connectivity index (χ1) is 9.16. The molecule has 0 aromatic heterocycles. The van der Waals surface area contributed by atoms with Crippen LogP contribution in [-0.2, 0) is 6.42 Å². The summed E-state index contributed by atoms with van der Waals surface area (Å²) >= 11 is 0. The lowest BCUT2D eigenvalue weighted by Crippen LogP contribution is -2.33. The molecule has 2 amide bonds. The van der Waals surface area contributed by atoms with Crippen molar-refractivity contribution in [1.82, 2.24) is 4.90 Å². The molecule has 3 heteroatoms. The molecule has 104 valence electrons. The molecule has 0 atom stereocenters. The number of carbonyl (C=O) groups is 1. The first-order valence-corrected chi connectivity index (χ1v) is 7.26. The van der Waals surface area contributed by atoms with E-state index in [0.717, 1.165) is 12.3 Å². The molecule has 1 saturated carbocycles. The van der Waals surface area contributed by atoms with Gasteiger partial charge in [-0.2, -0.15) is 0 Å². The summed E-state index contributed by atoms with van der Waals surface area (Å²) in [6.07, 6.45) is 7.68. The summed E-state index contributed by atoms with van der Waals surface area (Å²) in [7, 11) is 1.73. The average Bonchev–Trinajstić information content (AvgIpc) is 2.46. The molecule has 1 fully saturated rings. The maximum Gasteiger partial charge on any atom is 0.314 e. The third-order valence-corrected chi connectivity index (χ3v) is 4.17. The fourth-order valence-electron chi connectivity index (χ4n) is 2.80. The van der Waals surface area contributed by atoms with E-state index in [9.17, 15) is 4.79 Å². The van der Waals surface area contributed by atoms with Crippen molar-refractivity contribution in [2.45, 2.75) is 44.4 Å². The highest BCUT2D eigenvalue weighted by Crippen LogP contribution is 2.32. The minimum absolute atomic E-state index is 0.362. The monoisotopic (exact) mass is 260 g/mol. The topological polar surface area (TPSA) is 46.3 Å². The van der Waals surface area contributed by atoms with Gasteiger partial charge in [-0.15, -0.1) is 0 Å². The number of hydrogen-bond donors (Lipinski definition) is 1. The number of benzene rings is 1. The van der Waals surface area contributed by atoms with Crippen molar-refractivity contribution in [3.05, 3.63) is 35.4 Å². The van der Waals surface area contributed by atoms with Gasteiger partial charge in [-0.3, -0.25) is 0 Å². The van der Waals surface area contributed by atoms with Crippen molar-refractivity contribution in [3.8, 4) is 0 Å². The molecule has 0 bridgehead atoms. The molecule has 1 aromatic carbocycles. The van der Waals surface area contributed by atoms with Crippen molar-refractivity contribution in [1.29, 1.82) is 0 Å². The molecule has 0 saturated heterocycles. The van der Waals surface area contributed by atoms with Gasteiger partial charge in [-0.05, 0) is 36.3 Å². The van der Waals surface area contributed by atoms with Crippen LogP contribution in [-0.4, -0.2) is 24.5 Å². The van der Waals surface area contributed by atoms with Crippen LogP contribution in [0.5, 0.6) is 0 Å². The standard InChI is InChI=1S/C16H24N2O/c1-18(16(17)19)12-11-13-7-9-15(10-8-13)14-5-3-2-4-6-14/h7-10,14H,2-6,11-12H2,1H3,(H2,17,19). The summed E-state index contributed by atoms with van der Waals surface area (Å²) in [6.45, 7) is 0.679.